The summed E-state index contributed by atoms with van der Waals surface area (Å²) in [6.45, 7) is 0.441. The summed E-state index contributed by atoms with van der Waals surface area (Å²) in [5.74, 6) is 0.897. The van der Waals surface area contributed by atoms with Gasteiger partial charge in [0.15, 0.2) is 0 Å². The van der Waals surface area contributed by atoms with Crippen molar-refractivity contribution >= 4 is 15.9 Å². The van der Waals surface area contributed by atoms with Crippen LogP contribution in [0.15, 0.2) is 41.1 Å². The summed E-state index contributed by atoms with van der Waals surface area (Å²) >= 11 is 3.31. The summed E-state index contributed by atoms with van der Waals surface area (Å²) in [6, 6.07) is 6.19. The van der Waals surface area contributed by atoms with Crippen LogP contribution in [0.5, 0.6) is 11.5 Å². The van der Waals surface area contributed by atoms with Gasteiger partial charge in [0.25, 0.3) is 0 Å². The number of aromatic nitrogens is 1. The third kappa shape index (κ3) is 3.27. The zero-order valence-electron chi connectivity index (χ0n) is 9.57. The van der Waals surface area contributed by atoms with Crippen LogP contribution in [0.25, 0.3) is 0 Å². The number of hydrogen-bond acceptors (Lipinski definition) is 3. The van der Waals surface area contributed by atoms with E-state index in [1.807, 2.05) is 0 Å². The largest absolute Gasteiger partial charge is 0.455 e. The monoisotopic (exact) mass is 310 g/mol. The number of rotatable bonds is 4. The average Bonchev–Trinajstić information content (AvgIpc) is 2.33. The molecule has 1 aromatic heterocycles. The molecular formula is C13H12BrFN2O. The van der Waals surface area contributed by atoms with Gasteiger partial charge in [-0.05, 0) is 58.7 Å². The molecule has 0 aliphatic heterocycles. The molecule has 2 rings (SSSR count). The normalized spacial score (nSPS) is 10.4. The predicted octanol–water partition coefficient (Wildman–Crippen LogP) is 3.28. The van der Waals surface area contributed by atoms with Gasteiger partial charge in [0, 0.05) is 10.7 Å². The summed E-state index contributed by atoms with van der Waals surface area (Å²) in [7, 11) is 0. The molecule has 0 amide bonds. The Morgan fingerprint density at radius 3 is 2.83 bits per heavy atom. The van der Waals surface area contributed by atoms with Crippen molar-refractivity contribution in [2.24, 2.45) is 5.73 Å². The maximum absolute atomic E-state index is 13.2. The third-order valence-electron chi connectivity index (χ3n) is 2.34. The molecule has 0 bridgehead atoms. The van der Waals surface area contributed by atoms with E-state index in [0.717, 1.165) is 10.0 Å². The van der Waals surface area contributed by atoms with Crippen LogP contribution in [-0.2, 0) is 6.42 Å². The quantitative estimate of drug-likeness (QED) is 0.942. The Labute approximate surface area is 113 Å². The molecule has 0 saturated carbocycles. The highest BCUT2D eigenvalue weighted by atomic mass is 79.9. The van der Waals surface area contributed by atoms with Gasteiger partial charge in [-0.2, -0.15) is 0 Å². The van der Waals surface area contributed by atoms with Crippen LogP contribution in [0, 0.1) is 5.82 Å². The molecule has 94 valence electrons. The lowest BCUT2D eigenvalue weighted by Crippen LogP contribution is -2.04. The van der Waals surface area contributed by atoms with Crippen molar-refractivity contribution in [2.75, 3.05) is 6.54 Å². The second-order valence-electron chi connectivity index (χ2n) is 3.73. The van der Waals surface area contributed by atoms with E-state index in [1.54, 1.807) is 24.5 Å². The highest BCUT2D eigenvalue weighted by Crippen LogP contribution is 2.27. The second kappa shape index (κ2) is 5.93. The minimum absolute atomic E-state index is 0.293. The van der Waals surface area contributed by atoms with Crippen LogP contribution in [0.1, 0.15) is 5.56 Å². The number of halogens is 2. The molecule has 0 radical (unpaired) electrons. The van der Waals surface area contributed by atoms with Gasteiger partial charge in [-0.25, -0.2) is 4.39 Å². The van der Waals surface area contributed by atoms with E-state index in [2.05, 4.69) is 20.9 Å². The Morgan fingerprint density at radius 2 is 2.11 bits per heavy atom. The summed E-state index contributed by atoms with van der Waals surface area (Å²) < 4.78 is 19.7. The SMILES string of the molecule is NCCc1cc(F)ccc1Oc1cncc(Br)c1. The van der Waals surface area contributed by atoms with Crippen molar-refractivity contribution < 1.29 is 9.13 Å². The predicted molar refractivity (Wildman–Crippen MR) is 71.2 cm³/mol. The van der Waals surface area contributed by atoms with Gasteiger partial charge in [-0.1, -0.05) is 0 Å². The van der Waals surface area contributed by atoms with E-state index in [0.29, 0.717) is 24.5 Å². The topological polar surface area (TPSA) is 48.1 Å². The molecule has 0 atom stereocenters. The molecule has 2 N–H and O–H groups in total. The summed E-state index contributed by atoms with van der Waals surface area (Å²) in [5.41, 5.74) is 6.25. The lowest BCUT2D eigenvalue weighted by atomic mass is 10.1. The first kappa shape index (κ1) is 13.0. The molecular weight excluding hydrogens is 299 g/mol. The minimum Gasteiger partial charge on any atom is -0.455 e. The standard InChI is InChI=1S/C13H12BrFN2O/c14-10-6-12(8-17-7-10)18-13-2-1-11(15)5-9(13)3-4-16/h1-2,5-8H,3-4,16H2. The number of pyridine rings is 1. The van der Waals surface area contributed by atoms with E-state index >= 15 is 0 Å². The molecule has 3 nitrogen and oxygen atoms in total. The maximum Gasteiger partial charge on any atom is 0.146 e. The number of ether oxygens (including phenoxy) is 1. The fourth-order valence-electron chi connectivity index (χ4n) is 1.57. The first-order chi connectivity index (χ1) is 8.69. The molecule has 0 aliphatic rings. The minimum atomic E-state index is -0.293. The zero-order chi connectivity index (χ0) is 13.0. The molecule has 2 aromatic rings. The summed E-state index contributed by atoms with van der Waals surface area (Å²) in [6.07, 6.45) is 3.83. The van der Waals surface area contributed by atoms with Gasteiger partial charge in [-0.3, -0.25) is 4.98 Å². The van der Waals surface area contributed by atoms with Gasteiger partial charge in [0.2, 0.25) is 0 Å². The number of benzene rings is 1. The Balaban J connectivity index is 2.28. The Morgan fingerprint density at radius 1 is 1.28 bits per heavy atom. The van der Waals surface area contributed by atoms with Crippen molar-refractivity contribution in [3.8, 4) is 11.5 Å². The first-order valence-electron chi connectivity index (χ1n) is 5.46. The van der Waals surface area contributed by atoms with Gasteiger partial charge in [-0.15, -0.1) is 0 Å². The third-order valence-corrected chi connectivity index (χ3v) is 2.78. The molecule has 1 aromatic carbocycles. The number of nitrogens with two attached hydrogens (primary N) is 1. The van der Waals surface area contributed by atoms with Crippen LogP contribution < -0.4 is 10.5 Å². The highest BCUT2D eigenvalue weighted by Gasteiger charge is 2.06. The van der Waals surface area contributed by atoms with E-state index in [4.69, 9.17) is 10.5 Å². The summed E-state index contributed by atoms with van der Waals surface area (Å²) in [4.78, 5) is 4.00. The van der Waals surface area contributed by atoms with Crippen molar-refractivity contribution in [3.63, 3.8) is 0 Å². The first-order valence-corrected chi connectivity index (χ1v) is 6.25. The fraction of sp³-hybridized carbons (Fsp3) is 0.154. The zero-order valence-corrected chi connectivity index (χ0v) is 11.2. The lowest BCUT2D eigenvalue weighted by Gasteiger charge is -2.10. The average molecular weight is 311 g/mol. The molecule has 0 aliphatic carbocycles. The van der Waals surface area contributed by atoms with E-state index in [1.165, 1.54) is 12.1 Å². The summed E-state index contributed by atoms with van der Waals surface area (Å²) in [5, 5.41) is 0. The van der Waals surface area contributed by atoms with Crippen molar-refractivity contribution in [3.05, 3.63) is 52.5 Å². The van der Waals surface area contributed by atoms with Crippen molar-refractivity contribution in [1.29, 1.82) is 0 Å². The molecule has 18 heavy (non-hydrogen) atoms. The molecule has 0 spiro atoms. The Hall–Kier alpha value is -1.46. The smallest absolute Gasteiger partial charge is 0.146 e. The van der Waals surface area contributed by atoms with Crippen molar-refractivity contribution in [2.45, 2.75) is 6.42 Å². The van der Waals surface area contributed by atoms with E-state index in [-0.39, 0.29) is 5.82 Å². The van der Waals surface area contributed by atoms with Crippen LogP contribution in [0.2, 0.25) is 0 Å². The lowest BCUT2D eigenvalue weighted by molar-refractivity contribution is 0.471. The fourth-order valence-corrected chi connectivity index (χ4v) is 1.92. The molecule has 0 fully saturated rings. The van der Waals surface area contributed by atoms with Crippen LogP contribution in [-0.4, -0.2) is 11.5 Å². The van der Waals surface area contributed by atoms with Crippen LogP contribution in [0.3, 0.4) is 0 Å². The second-order valence-corrected chi connectivity index (χ2v) is 4.65. The molecule has 0 unspecified atom stereocenters. The van der Waals surface area contributed by atoms with Gasteiger partial charge in [0.05, 0.1) is 6.20 Å². The van der Waals surface area contributed by atoms with Crippen LogP contribution >= 0.6 is 15.9 Å². The van der Waals surface area contributed by atoms with E-state index < -0.39 is 0 Å². The maximum atomic E-state index is 13.2. The molecule has 5 heteroatoms. The Kier molecular flexibility index (Phi) is 4.28. The highest BCUT2D eigenvalue weighted by molar-refractivity contribution is 9.10. The van der Waals surface area contributed by atoms with E-state index in [9.17, 15) is 4.39 Å². The molecule has 1 heterocycles. The van der Waals surface area contributed by atoms with Gasteiger partial charge >= 0.3 is 0 Å². The van der Waals surface area contributed by atoms with Gasteiger partial charge in [0.1, 0.15) is 17.3 Å². The molecule has 0 saturated heterocycles. The Bertz CT molecular complexity index is 548. The van der Waals surface area contributed by atoms with Crippen LogP contribution in [0.4, 0.5) is 4.39 Å². The van der Waals surface area contributed by atoms with Gasteiger partial charge < -0.3 is 10.5 Å². The number of hydrogen-bond donors (Lipinski definition) is 1. The van der Waals surface area contributed by atoms with Crippen molar-refractivity contribution in [1.82, 2.24) is 4.98 Å². The number of nitrogens with zero attached hydrogens (tertiary/aromatic N) is 1.